The largest absolute Gasteiger partial charge is 0.399 e. The molecule has 1 amide bonds. The lowest BCUT2D eigenvalue weighted by atomic mass is 10.1. The minimum atomic E-state index is 0.117. The summed E-state index contributed by atoms with van der Waals surface area (Å²) in [5, 5.41) is 2.90. The maximum Gasteiger partial charge on any atom is 0.220 e. The molecule has 0 fully saturated rings. The predicted octanol–water partition coefficient (Wildman–Crippen LogP) is 2.32. The maximum atomic E-state index is 11.5. The fraction of sp³-hybridized carbons (Fsp3) is 0.462. The Hall–Kier alpha value is -1.51. The number of nitrogens with two attached hydrogens (primary N) is 1. The second-order valence-corrected chi connectivity index (χ2v) is 4.24. The highest BCUT2D eigenvalue weighted by atomic mass is 16.1. The minimum absolute atomic E-state index is 0.117. The third kappa shape index (κ3) is 4.34. The fourth-order valence-corrected chi connectivity index (χ4v) is 1.37. The summed E-state index contributed by atoms with van der Waals surface area (Å²) >= 11 is 0. The molecule has 1 aromatic carbocycles. The molecule has 0 aliphatic heterocycles. The molecular weight excluding hydrogens is 200 g/mol. The first kappa shape index (κ1) is 12.6. The molecule has 3 heteroatoms. The molecule has 1 rings (SSSR count). The van der Waals surface area contributed by atoms with E-state index in [1.54, 1.807) is 0 Å². The number of carbonyl (C=O) groups is 1. The summed E-state index contributed by atoms with van der Waals surface area (Å²) in [5.41, 5.74) is 7.40. The molecule has 0 heterocycles. The van der Waals surface area contributed by atoms with Crippen LogP contribution in [0, 0.1) is 5.92 Å². The van der Waals surface area contributed by atoms with Crippen LogP contribution in [-0.2, 0) is 11.3 Å². The van der Waals surface area contributed by atoms with Gasteiger partial charge in [0.1, 0.15) is 0 Å². The van der Waals surface area contributed by atoms with E-state index < -0.39 is 0 Å². The average Bonchev–Trinajstić information content (AvgIpc) is 2.28. The highest BCUT2D eigenvalue weighted by Crippen LogP contribution is 2.07. The van der Waals surface area contributed by atoms with Gasteiger partial charge in [-0.1, -0.05) is 32.4 Å². The van der Waals surface area contributed by atoms with Crippen molar-refractivity contribution in [1.82, 2.24) is 5.32 Å². The van der Waals surface area contributed by atoms with Crippen molar-refractivity contribution in [3.8, 4) is 0 Å². The van der Waals surface area contributed by atoms with Gasteiger partial charge in [0.25, 0.3) is 0 Å². The van der Waals surface area contributed by atoms with Crippen LogP contribution in [0.3, 0.4) is 0 Å². The van der Waals surface area contributed by atoms with Gasteiger partial charge in [-0.3, -0.25) is 4.79 Å². The lowest BCUT2D eigenvalue weighted by molar-refractivity contribution is -0.122. The van der Waals surface area contributed by atoms with Gasteiger partial charge in [0, 0.05) is 18.7 Å². The molecule has 0 spiro atoms. The van der Waals surface area contributed by atoms with Crippen LogP contribution in [-0.4, -0.2) is 5.91 Å². The predicted molar refractivity (Wildman–Crippen MR) is 66.8 cm³/mol. The van der Waals surface area contributed by atoms with Gasteiger partial charge in [0.15, 0.2) is 0 Å². The number of benzene rings is 1. The van der Waals surface area contributed by atoms with Crippen molar-refractivity contribution in [3.05, 3.63) is 29.8 Å². The van der Waals surface area contributed by atoms with Gasteiger partial charge in [-0.15, -0.1) is 0 Å². The average molecular weight is 220 g/mol. The Balaban J connectivity index is 2.34. The third-order valence-electron chi connectivity index (χ3n) is 2.70. The third-order valence-corrected chi connectivity index (χ3v) is 2.70. The van der Waals surface area contributed by atoms with Crippen LogP contribution in [0.25, 0.3) is 0 Å². The van der Waals surface area contributed by atoms with Crippen LogP contribution >= 0.6 is 0 Å². The highest BCUT2D eigenvalue weighted by Gasteiger charge is 2.06. The molecule has 3 nitrogen and oxygen atoms in total. The van der Waals surface area contributed by atoms with Crippen LogP contribution in [0.5, 0.6) is 0 Å². The van der Waals surface area contributed by atoms with E-state index in [9.17, 15) is 4.79 Å². The molecule has 0 aliphatic carbocycles. The van der Waals surface area contributed by atoms with Gasteiger partial charge < -0.3 is 11.1 Å². The molecule has 1 aromatic rings. The molecule has 0 aliphatic rings. The van der Waals surface area contributed by atoms with E-state index in [1.165, 1.54) is 0 Å². The molecule has 0 radical (unpaired) electrons. The Kier molecular flexibility index (Phi) is 4.83. The van der Waals surface area contributed by atoms with E-state index in [1.807, 2.05) is 24.3 Å². The summed E-state index contributed by atoms with van der Waals surface area (Å²) < 4.78 is 0. The van der Waals surface area contributed by atoms with Crippen LogP contribution in [0.15, 0.2) is 24.3 Å². The maximum absolute atomic E-state index is 11.5. The van der Waals surface area contributed by atoms with Crippen molar-refractivity contribution in [2.75, 3.05) is 5.73 Å². The van der Waals surface area contributed by atoms with E-state index in [4.69, 9.17) is 5.73 Å². The van der Waals surface area contributed by atoms with E-state index in [2.05, 4.69) is 19.2 Å². The van der Waals surface area contributed by atoms with Gasteiger partial charge in [-0.2, -0.15) is 0 Å². The van der Waals surface area contributed by atoms with E-state index in [0.717, 1.165) is 17.7 Å². The normalized spacial score (nSPS) is 12.1. The van der Waals surface area contributed by atoms with E-state index in [0.29, 0.717) is 18.9 Å². The molecule has 0 bridgehead atoms. The van der Waals surface area contributed by atoms with Crippen molar-refractivity contribution < 1.29 is 4.79 Å². The van der Waals surface area contributed by atoms with Gasteiger partial charge >= 0.3 is 0 Å². The number of rotatable bonds is 5. The standard InChI is InChI=1S/C13H20N2O/c1-3-10(2)8-13(16)15-9-11-4-6-12(14)7-5-11/h4-7,10H,3,8-9,14H2,1-2H3,(H,15,16). The number of nitrogen functional groups attached to an aromatic ring is 1. The Morgan fingerprint density at radius 3 is 2.56 bits per heavy atom. The van der Waals surface area contributed by atoms with E-state index >= 15 is 0 Å². The first-order valence-electron chi connectivity index (χ1n) is 5.73. The summed E-state index contributed by atoms with van der Waals surface area (Å²) in [5.74, 6) is 0.567. The Morgan fingerprint density at radius 2 is 2.00 bits per heavy atom. The zero-order valence-corrected chi connectivity index (χ0v) is 9.99. The molecule has 0 saturated heterocycles. The van der Waals surface area contributed by atoms with Crippen molar-refractivity contribution in [2.24, 2.45) is 5.92 Å². The Labute approximate surface area is 97.0 Å². The lowest BCUT2D eigenvalue weighted by Gasteiger charge is -2.09. The second kappa shape index (κ2) is 6.16. The molecule has 1 unspecified atom stereocenters. The molecule has 0 saturated carbocycles. The summed E-state index contributed by atoms with van der Waals surface area (Å²) in [7, 11) is 0. The van der Waals surface area contributed by atoms with Gasteiger partial charge in [-0.25, -0.2) is 0 Å². The zero-order chi connectivity index (χ0) is 12.0. The van der Waals surface area contributed by atoms with Gasteiger partial charge in [-0.05, 0) is 23.6 Å². The summed E-state index contributed by atoms with van der Waals surface area (Å²) in [6, 6.07) is 7.55. The molecule has 16 heavy (non-hydrogen) atoms. The Morgan fingerprint density at radius 1 is 1.38 bits per heavy atom. The molecule has 88 valence electrons. The molecule has 3 N–H and O–H groups in total. The van der Waals surface area contributed by atoms with Crippen LogP contribution < -0.4 is 11.1 Å². The topological polar surface area (TPSA) is 55.1 Å². The molecule has 1 atom stereocenters. The smallest absolute Gasteiger partial charge is 0.220 e. The Bertz CT molecular complexity index is 332. The first-order valence-corrected chi connectivity index (χ1v) is 5.73. The van der Waals surface area contributed by atoms with Gasteiger partial charge in [0.05, 0.1) is 0 Å². The second-order valence-electron chi connectivity index (χ2n) is 4.24. The lowest BCUT2D eigenvalue weighted by Crippen LogP contribution is -2.24. The van der Waals surface area contributed by atoms with Crippen molar-refractivity contribution in [1.29, 1.82) is 0 Å². The number of carbonyl (C=O) groups excluding carboxylic acids is 1. The summed E-state index contributed by atoms with van der Waals surface area (Å²) in [6.45, 7) is 4.76. The fourth-order valence-electron chi connectivity index (χ4n) is 1.37. The van der Waals surface area contributed by atoms with Crippen LogP contribution in [0.1, 0.15) is 32.3 Å². The van der Waals surface area contributed by atoms with Crippen molar-refractivity contribution in [3.63, 3.8) is 0 Å². The number of hydrogen-bond acceptors (Lipinski definition) is 2. The summed E-state index contributed by atoms with van der Waals surface area (Å²) in [4.78, 5) is 11.5. The minimum Gasteiger partial charge on any atom is -0.399 e. The van der Waals surface area contributed by atoms with E-state index in [-0.39, 0.29) is 5.91 Å². The van der Waals surface area contributed by atoms with Crippen molar-refractivity contribution >= 4 is 11.6 Å². The van der Waals surface area contributed by atoms with Crippen LogP contribution in [0.2, 0.25) is 0 Å². The van der Waals surface area contributed by atoms with Crippen molar-refractivity contribution in [2.45, 2.75) is 33.2 Å². The number of anilines is 1. The number of nitrogens with one attached hydrogen (secondary N) is 1. The van der Waals surface area contributed by atoms with Crippen LogP contribution in [0.4, 0.5) is 5.69 Å². The quantitative estimate of drug-likeness (QED) is 0.748. The summed E-state index contributed by atoms with van der Waals surface area (Å²) in [6.07, 6.45) is 1.64. The monoisotopic (exact) mass is 220 g/mol. The SMILES string of the molecule is CCC(C)CC(=O)NCc1ccc(N)cc1. The highest BCUT2D eigenvalue weighted by molar-refractivity contribution is 5.76. The number of amides is 1. The van der Waals surface area contributed by atoms with Gasteiger partial charge in [0.2, 0.25) is 5.91 Å². The zero-order valence-electron chi connectivity index (χ0n) is 9.99. The number of hydrogen-bond donors (Lipinski definition) is 2. The molecule has 0 aromatic heterocycles. The first-order chi connectivity index (χ1) is 7.61. The molecular formula is C13H20N2O.